The van der Waals surface area contributed by atoms with Crippen LogP contribution in [0.4, 0.5) is 5.69 Å². The molecule has 0 atom stereocenters. The number of nitrogens with zero attached hydrogens (tertiary/aromatic N) is 2. The number of carboxylic acids is 1. The molecule has 32 heavy (non-hydrogen) atoms. The summed E-state index contributed by atoms with van der Waals surface area (Å²) in [5, 5.41) is 9.48. The van der Waals surface area contributed by atoms with Crippen LogP contribution in [-0.4, -0.2) is 21.6 Å². The van der Waals surface area contributed by atoms with Gasteiger partial charge in [-0.2, -0.15) is 0 Å². The summed E-state index contributed by atoms with van der Waals surface area (Å²) < 4.78 is 2.11. The van der Waals surface area contributed by atoms with Crippen LogP contribution in [0.3, 0.4) is 0 Å². The van der Waals surface area contributed by atoms with Crippen molar-refractivity contribution in [3.8, 4) is 0 Å². The summed E-state index contributed by atoms with van der Waals surface area (Å²) in [6.07, 6.45) is 8.32. The van der Waals surface area contributed by atoms with E-state index in [-0.39, 0.29) is 42.5 Å². The van der Waals surface area contributed by atoms with E-state index in [1.165, 1.54) is 37.7 Å². The number of aromatic carboxylic acids is 1. The minimum atomic E-state index is -0.990. The maximum Gasteiger partial charge on any atom is 1.00 e. The van der Waals surface area contributed by atoms with Crippen molar-refractivity contribution in [2.75, 3.05) is 4.90 Å². The topological polar surface area (TPSA) is 62.5 Å². The summed E-state index contributed by atoms with van der Waals surface area (Å²) in [5.41, 5.74) is 4.77. The van der Waals surface area contributed by atoms with E-state index in [0.29, 0.717) is 30.3 Å². The number of carboxylic acid groups (broad SMARTS) is 1. The fraction of sp³-hybridized carbons (Fsp3) is 0.308. The van der Waals surface area contributed by atoms with Crippen LogP contribution in [0.5, 0.6) is 0 Å². The van der Waals surface area contributed by atoms with Gasteiger partial charge in [-0.3, -0.25) is 4.79 Å². The van der Waals surface area contributed by atoms with Crippen LogP contribution >= 0.6 is 0 Å². The van der Waals surface area contributed by atoms with E-state index < -0.39 is 5.97 Å². The predicted molar refractivity (Wildman–Crippen MR) is 121 cm³/mol. The molecule has 3 aromatic rings. The maximum absolute atomic E-state index is 13.6. The Morgan fingerprint density at radius 2 is 1.62 bits per heavy atom. The van der Waals surface area contributed by atoms with Gasteiger partial charge in [0.25, 0.3) is 5.91 Å². The first-order chi connectivity index (χ1) is 15.1. The molecule has 1 aliphatic heterocycles. The molecule has 1 aliphatic carbocycles. The molecule has 1 fully saturated rings. The van der Waals surface area contributed by atoms with E-state index in [4.69, 9.17) is 0 Å². The fourth-order valence-corrected chi connectivity index (χ4v) is 4.93. The average molecular weight is 439 g/mol. The summed E-state index contributed by atoms with van der Waals surface area (Å²) in [6, 6.07) is 17.1. The molecular weight excluding hydrogens is 411 g/mol. The van der Waals surface area contributed by atoms with Crippen LogP contribution in [0.1, 0.15) is 77.0 Å². The largest absolute Gasteiger partial charge is 1.00 e. The normalized spacial score (nSPS) is 15.8. The van der Waals surface area contributed by atoms with Crippen LogP contribution in [0.25, 0.3) is 0 Å². The van der Waals surface area contributed by atoms with E-state index in [0.717, 1.165) is 11.3 Å². The van der Waals surface area contributed by atoms with Gasteiger partial charge in [0, 0.05) is 24.0 Å². The number of anilines is 1. The number of amides is 1. The Bertz CT molecular complexity index is 1140. The van der Waals surface area contributed by atoms with Crippen LogP contribution in [0, 0.1) is 0 Å². The summed E-state index contributed by atoms with van der Waals surface area (Å²) >= 11 is 0. The van der Waals surface area contributed by atoms with E-state index in [2.05, 4.69) is 16.7 Å². The smallest absolute Gasteiger partial charge is 1.00 e. The number of rotatable bonds is 3. The van der Waals surface area contributed by atoms with E-state index >= 15 is 0 Å². The summed E-state index contributed by atoms with van der Waals surface area (Å²) in [6.45, 7) is 1.02. The van der Waals surface area contributed by atoms with Crippen molar-refractivity contribution >= 4 is 17.6 Å². The van der Waals surface area contributed by atoms with E-state index in [9.17, 15) is 14.7 Å². The Kier molecular flexibility index (Phi) is 6.89. The quantitative estimate of drug-likeness (QED) is 0.640. The van der Waals surface area contributed by atoms with Crippen molar-refractivity contribution in [1.29, 1.82) is 0 Å². The van der Waals surface area contributed by atoms with Crippen molar-refractivity contribution in [3.63, 3.8) is 0 Å². The van der Waals surface area contributed by atoms with E-state index in [1.54, 1.807) is 17.0 Å². The number of hydrogen-bond acceptors (Lipinski definition) is 2. The summed E-state index contributed by atoms with van der Waals surface area (Å²) in [7, 11) is 0. The maximum atomic E-state index is 13.6. The zero-order chi connectivity index (χ0) is 21.4. The Balaban J connectivity index is 0.00000153. The number of carbonyl (C=O) groups is 2. The SMILES string of the molecule is O=C(O)c1ccc2c(c1)N(C(=O)c1ccc(C3CCCCC3)cc1)Cc1cccn1C2.[H-].[Na+]. The summed E-state index contributed by atoms with van der Waals surface area (Å²) in [4.78, 5) is 26.9. The first-order valence-electron chi connectivity index (χ1n) is 11.0. The van der Waals surface area contributed by atoms with Gasteiger partial charge in [-0.15, -0.1) is 0 Å². The molecule has 0 radical (unpaired) electrons. The second kappa shape index (κ2) is 9.65. The molecule has 2 aromatic carbocycles. The predicted octanol–water partition coefficient (Wildman–Crippen LogP) is 2.56. The van der Waals surface area contributed by atoms with Crippen molar-refractivity contribution < 1.29 is 45.7 Å². The zero-order valence-corrected chi connectivity index (χ0v) is 20.5. The molecule has 1 amide bonds. The van der Waals surface area contributed by atoms with Crippen molar-refractivity contribution in [2.45, 2.75) is 51.1 Å². The van der Waals surface area contributed by atoms with Gasteiger partial charge in [0.2, 0.25) is 0 Å². The third kappa shape index (κ3) is 4.42. The van der Waals surface area contributed by atoms with Crippen LogP contribution < -0.4 is 34.5 Å². The van der Waals surface area contributed by atoms with Gasteiger partial charge >= 0.3 is 35.5 Å². The van der Waals surface area contributed by atoms with Gasteiger partial charge < -0.3 is 16.0 Å². The third-order valence-electron chi connectivity index (χ3n) is 6.69. The number of fused-ring (bicyclic) bond motifs is 2. The van der Waals surface area contributed by atoms with Gasteiger partial charge in [-0.25, -0.2) is 4.79 Å². The van der Waals surface area contributed by atoms with Gasteiger partial charge in [0.1, 0.15) is 0 Å². The molecule has 160 valence electrons. The monoisotopic (exact) mass is 438 g/mol. The van der Waals surface area contributed by atoms with Gasteiger partial charge in [-0.05, 0) is 66.3 Å². The number of benzene rings is 2. The van der Waals surface area contributed by atoms with Crippen LogP contribution in [0.15, 0.2) is 60.8 Å². The molecular formula is C26H27N2NaO3. The second-order valence-electron chi connectivity index (χ2n) is 8.62. The van der Waals surface area contributed by atoms with Crippen molar-refractivity contribution in [2.24, 2.45) is 0 Å². The Hall–Kier alpha value is -2.34. The molecule has 1 saturated carbocycles. The Morgan fingerprint density at radius 3 is 2.34 bits per heavy atom. The first-order valence-corrected chi connectivity index (χ1v) is 11.0. The van der Waals surface area contributed by atoms with Crippen LogP contribution in [-0.2, 0) is 13.1 Å². The minimum absolute atomic E-state index is 0. The average Bonchev–Trinajstić information content (AvgIpc) is 3.18. The molecule has 1 aromatic heterocycles. The van der Waals surface area contributed by atoms with E-state index in [1.807, 2.05) is 36.5 Å². The molecule has 0 unspecified atom stereocenters. The standard InChI is InChI=1S/C26H26N2O3.Na.H/c29-25(20-10-8-19(9-11-20)18-5-2-1-3-6-18)28-17-23-7-4-14-27(23)16-22-13-12-21(26(30)31)15-24(22)28;;/h4,7-15,18H,1-3,5-6,16-17H2,(H,30,31);;/q;+1;-1. The molecule has 5 rings (SSSR count). The molecule has 0 spiro atoms. The minimum Gasteiger partial charge on any atom is -1.00 e. The molecule has 6 heteroatoms. The first kappa shape index (κ1) is 22.8. The molecule has 0 bridgehead atoms. The Morgan fingerprint density at radius 1 is 0.906 bits per heavy atom. The number of hydrogen-bond donors (Lipinski definition) is 1. The number of aromatic nitrogens is 1. The second-order valence-corrected chi connectivity index (χ2v) is 8.62. The third-order valence-corrected chi connectivity index (χ3v) is 6.69. The molecule has 2 aliphatic rings. The van der Waals surface area contributed by atoms with Gasteiger partial charge in [-0.1, -0.05) is 37.5 Å². The Labute approximate surface area is 211 Å². The molecule has 1 N–H and O–H groups in total. The van der Waals surface area contributed by atoms with Crippen molar-refractivity contribution in [1.82, 2.24) is 4.57 Å². The molecule has 2 heterocycles. The number of carbonyl (C=O) groups excluding carboxylic acids is 1. The van der Waals surface area contributed by atoms with Crippen molar-refractivity contribution in [3.05, 3.63) is 88.7 Å². The molecule has 0 saturated heterocycles. The summed E-state index contributed by atoms with van der Waals surface area (Å²) in [5.74, 6) is -0.497. The van der Waals surface area contributed by atoms with Gasteiger partial charge in [0.05, 0.1) is 17.8 Å². The van der Waals surface area contributed by atoms with Gasteiger partial charge in [0.15, 0.2) is 0 Å². The fourth-order valence-electron chi connectivity index (χ4n) is 4.93. The van der Waals surface area contributed by atoms with Crippen LogP contribution in [0.2, 0.25) is 0 Å². The zero-order valence-electron chi connectivity index (χ0n) is 19.5. The molecule has 5 nitrogen and oxygen atoms in total.